The number of nitrogens with one attached hydrogen (secondary N) is 1. The van der Waals surface area contributed by atoms with E-state index in [1.165, 1.54) is 0 Å². The van der Waals surface area contributed by atoms with Crippen LogP contribution in [0.4, 0.5) is 0 Å². The molecule has 0 spiro atoms. The van der Waals surface area contributed by atoms with Gasteiger partial charge in [0.25, 0.3) is 0 Å². The number of ether oxygens (including phenoxy) is 1. The van der Waals surface area contributed by atoms with Gasteiger partial charge in [-0.1, -0.05) is 0 Å². The van der Waals surface area contributed by atoms with Crippen LogP contribution >= 0.6 is 0 Å². The van der Waals surface area contributed by atoms with Crippen LogP contribution in [-0.4, -0.2) is 73.6 Å². The number of hydrogen-bond acceptors (Lipinski definition) is 4. The molecule has 2 rings (SSSR count). The van der Waals surface area contributed by atoms with Crippen LogP contribution < -0.4 is 5.32 Å². The molecule has 2 amide bonds. The molecule has 2 fully saturated rings. The van der Waals surface area contributed by atoms with Gasteiger partial charge in [-0.2, -0.15) is 0 Å². The van der Waals surface area contributed by atoms with E-state index in [4.69, 9.17) is 4.74 Å². The van der Waals surface area contributed by atoms with Crippen molar-refractivity contribution in [1.29, 1.82) is 0 Å². The molecule has 0 atom stereocenters. The Morgan fingerprint density at radius 3 is 1.90 bits per heavy atom. The first-order valence-electron chi connectivity index (χ1n) is 7.88. The minimum absolute atomic E-state index is 0.0886. The molecule has 0 aromatic heterocycles. The van der Waals surface area contributed by atoms with E-state index in [1.54, 1.807) is 14.0 Å². The second-order valence-corrected chi connectivity index (χ2v) is 6.04. The molecule has 2 aliphatic heterocycles. The first-order valence-corrected chi connectivity index (χ1v) is 7.88. The second-order valence-electron chi connectivity index (χ2n) is 6.04. The molecule has 0 bridgehead atoms. The fourth-order valence-corrected chi connectivity index (χ4v) is 3.20. The Hall–Kier alpha value is -1.14. The highest BCUT2D eigenvalue weighted by Crippen LogP contribution is 2.16. The maximum atomic E-state index is 11.7. The van der Waals surface area contributed by atoms with Crippen molar-refractivity contribution in [3.8, 4) is 0 Å². The molecule has 6 heteroatoms. The third kappa shape index (κ3) is 4.68. The molecule has 0 radical (unpaired) electrons. The van der Waals surface area contributed by atoms with Gasteiger partial charge >= 0.3 is 0 Å². The first kappa shape index (κ1) is 16.2. The number of piperidine rings is 2. The maximum Gasteiger partial charge on any atom is 0.248 e. The molecule has 0 unspecified atom stereocenters. The second kappa shape index (κ2) is 7.75. The van der Waals surface area contributed by atoms with Crippen LogP contribution in [-0.2, 0) is 14.3 Å². The summed E-state index contributed by atoms with van der Waals surface area (Å²) in [6.07, 6.45) is 4.07. The van der Waals surface area contributed by atoms with Crippen molar-refractivity contribution in [3.05, 3.63) is 0 Å². The van der Waals surface area contributed by atoms with Gasteiger partial charge in [0.2, 0.25) is 11.8 Å². The van der Waals surface area contributed by atoms with Crippen molar-refractivity contribution >= 4 is 11.8 Å². The fourth-order valence-electron chi connectivity index (χ4n) is 3.20. The predicted octanol–water partition coefficient (Wildman–Crippen LogP) is 0.224. The van der Waals surface area contributed by atoms with Crippen LogP contribution in [0.1, 0.15) is 32.6 Å². The van der Waals surface area contributed by atoms with Gasteiger partial charge in [-0.15, -0.1) is 0 Å². The minimum atomic E-state index is 0.0886. The monoisotopic (exact) mass is 297 g/mol. The topological polar surface area (TPSA) is 61.9 Å². The van der Waals surface area contributed by atoms with E-state index in [2.05, 4.69) is 5.32 Å². The highest BCUT2D eigenvalue weighted by atomic mass is 16.5. The zero-order chi connectivity index (χ0) is 15.2. The summed E-state index contributed by atoms with van der Waals surface area (Å²) in [4.78, 5) is 26.9. The van der Waals surface area contributed by atoms with Crippen molar-refractivity contribution in [3.63, 3.8) is 0 Å². The fraction of sp³-hybridized carbons (Fsp3) is 0.867. The summed E-state index contributed by atoms with van der Waals surface area (Å²) in [6, 6.07) is 0.997. The lowest BCUT2D eigenvalue weighted by Crippen LogP contribution is -2.51. The Morgan fingerprint density at radius 2 is 1.48 bits per heavy atom. The maximum absolute atomic E-state index is 11.7. The van der Waals surface area contributed by atoms with E-state index in [-0.39, 0.29) is 18.4 Å². The van der Waals surface area contributed by atoms with Crippen molar-refractivity contribution in [2.45, 2.75) is 44.7 Å². The average molecular weight is 297 g/mol. The highest BCUT2D eigenvalue weighted by molar-refractivity contribution is 5.77. The zero-order valence-electron chi connectivity index (χ0n) is 13.1. The van der Waals surface area contributed by atoms with Gasteiger partial charge in [0.1, 0.15) is 6.61 Å². The minimum Gasteiger partial charge on any atom is -0.375 e. The van der Waals surface area contributed by atoms with Gasteiger partial charge in [-0.05, 0) is 25.7 Å². The van der Waals surface area contributed by atoms with Crippen molar-refractivity contribution in [1.82, 2.24) is 15.1 Å². The van der Waals surface area contributed by atoms with E-state index in [0.717, 1.165) is 51.9 Å². The molecule has 0 aromatic carbocycles. The molecule has 1 N–H and O–H groups in total. The van der Waals surface area contributed by atoms with Crippen molar-refractivity contribution in [2.24, 2.45) is 0 Å². The Bertz CT molecular complexity index is 359. The van der Waals surface area contributed by atoms with Crippen molar-refractivity contribution in [2.75, 3.05) is 39.9 Å². The third-order valence-corrected chi connectivity index (χ3v) is 4.53. The van der Waals surface area contributed by atoms with E-state index in [9.17, 15) is 9.59 Å². The van der Waals surface area contributed by atoms with Gasteiger partial charge in [0, 0.05) is 52.3 Å². The summed E-state index contributed by atoms with van der Waals surface area (Å²) in [5.41, 5.74) is 0. The molecule has 6 nitrogen and oxygen atoms in total. The lowest BCUT2D eigenvalue weighted by atomic mass is 9.99. The number of methoxy groups -OCH3 is 1. The molecule has 0 aliphatic carbocycles. The summed E-state index contributed by atoms with van der Waals surface area (Å²) in [5.74, 6) is 0.268. The van der Waals surface area contributed by atoms with Gasteiger partial charge in [0.05, 0.1) is 0 Å². The molecule has 21 heavy (non-hydrogen) atoms. The molecule has 0 aromatic rings. The normalized spacial score (nSPS) is 21.6. The van der Waals surface area contributed by atoms with Crippen molar-refractivity contribution < 1.29 is 14.3 Å². The van der Waals surface area contributed by atoms with Crippen LogP contribution in [0, 0.1) is 0 Å². The number of nitrogens with zero attached hydrogens (tertiary/aromatic N) is 2. The van der Waals surface area contributed by atoms with Crippen LogP contribution in [0.25, 0.3) is 0 Å². The first-order chi connectivity index (χ1) is 10.1. The van der Waals surface area contributed by atoms with Gasteiger partial charge < -0.3 is 19.9 Å². The molecule has 0 saturated carbocycles. The summed E-state index contributed by atoms with van der Waals surface area (Å²) in [5, 5.41) is 3.70. The average Bonchev–Trinajstić information content (AvgIpc) is 2.49. The number of likely N-dealkylation sites (tertiary alicyclic amines) is 2. The van der Waals surface area contributed by atoms with E-state index < -0.39 is 0 Å². The Kier molecular flexibility index (Phi) is 5.99. The number of amides is 2. The number of hydrogen-bond donors (Lipinski definition) is 1. The van der Waals surface area contributed by atoms with Gasteiger partial charge in [0.15, 0.2) is 0 Å². The summed E-state index contributed by atoms with van der Waals surface area (Å²) in [7, 11) is 1.56. The highest BCUT2D eigenvalue weighted by Gasteiger charge is 2.26. The third-order valence-electron chi connectivity index (χ3n) is 4.53. The predicted molar refractivity (Wildman–Crippen MR) is 79.9 cm³/mol. The van der Waals surface area contributed by atoms with E-state index in [0.29, 0.717) is 12.1 Å². The number of carbonyl (C=O) groups excluding carboxylic acids is 2. The molecular weight excluding hydrogens is 270 g/mol. The number of carbonyl (C=O) groups is 2. The molecular formula is C15H27N3O3. The quantitative estimate of drug-likeness (QED) is 0.806. The Balaban J connectivity index is 1.67. The molecule has 2 heterocycles. The van der Waals surface area contributed by atoms with Gasteiger partial charge in [-0.3, -0.25) is 9.59 Å². The zero-order valence-corrected chi connectivity index (χ0v) is 13.1. The van der Waals surface area contributed by atoms with E-state index in [1.807, 2.05) is 9.80 Å². The molecule has 120 valence electrons. The smallest absolute Gasteiger partial charge is 0.248 e. The van der Waals surface area contributed by atoms with Gasteiger partial charge in [-0.25, -0.2) is 0 Å². The van der Waals surface area contributed by atoms with Crippen LogP contribution in [0.5, 0.6) is 0 Å². The SMILES string of the molecule is COCC(=O)N1CCC(NC2CCN(C(C)=O)CC2)CC1. The summed E-state index contributed by atoms with van der Waals surface area (Å²) < 4.78 is 4.90. The standard InChI is InChI=1S/C15H27N3O3/c1-12(19)17-7-3-13(4-8-17)16-14-5-9-18(10-6-14)15(20)11-21-2/h13-14,16H,3-11H2,1-2H3. The van der Waals surface area contributed by atoms with Crippen LogP contribution in [0.2, 0.25) is 0 Å². The largest absolute Gasteiger partial charge is 0.375 e. The Labute approximate surface area is 126 Å². The van der Waals surface area contributed by atoms with Crippen LogP contribution in [0.15, 0.2) is 0 Å². The molecule has 2 saturated heterocycles. The lowest BCUT2D eigenvalue weighted by Gasteiger charge is -2.37. The van der Waals surface area contributed by atoms with Crippen LogP contribution in [0.3, 0.4) is 0 Å². The summed E-state index contributed by atoms with van der Waals surface area (Å²) in [6.45, 7) is 5.16. The summed E-state index contributed by atoms with van der Waals surface area (Å²) >= 11 is 0. The number of rotatable bonds is 4. The Morgan fingerprint density at radius 1 is 1.00 bits per heavy atom. The molecule has 2 aliphatic rings. The van der Waals surface area contributed by atoms with E-state index >= 15 is 0 Å². The lowest BCUT2D eigenvalue weighted by molar-refractivity contribution is -0.136.